The number of Topliss-reactive ketones (excluding diaryl/α,β-unsaturated/α-hetero) is 1. The Labute approximate surface area is 165 Å². The van der Waals surface area contributed by atoms with E-state index in [1.54, 1.807) is 7.11 Å². The van der Waals surface area contributed by atoms with Gasteiger partial charge >= 0.3 is 0 Å². The van der Waals surface area contributed by atoms with Crippen molar-refractivity contribution in [2.75, 3.05) is 7.11 Å². The fraction of sp³-hybridized carbons (Fsp3) is 0.304. The molecule has 3 rings (SSSR count). The monoisotopic (exact) mass is 378 g/mol. The average Bonchev–Trinajstić information content (AvgIpc) is 2.99. The number of nitrogens with two attached hydrogens (primary N) is 1. The number of rotatable bonds is 7. The molecule has 0 saturated heterocycles. The minimum atomic E-state index is -0.944. The van der Waals surface area contributed by atoms with Crippen LogP contribution in [0.2, 0.25) is 0 Å². The Morgan fingerprint density at radius 3 is 2.36 bits per heavy atom. The van der Waals surface area contributed by atoms with Crippen LogP contribution >= 0.6 is 0 Å². The average molecular weight is 378 g/mol. The van der Waals surface area contributed by atoms with E-state index in [1.807, 2.05) is 43.3 Å². The molecular weight excluding hydrogens is 352 g/mol. The SMILES string of the molecule is CCc1c(C(=O)C(N)=O)c2cc(OC)c(C(C)C)cc2n1Cc1ccccc1. The minimum Gasteiger partial charge on any atom is -0.496 e. The number of carbonyl (C=O) groups excluding carboxylic acids is 2. The third-order valence-electron chi connectivity index (χ3n) is 5.11. The summed E-state index contributed by atoms with van der Waals surface area (Å²) in [4.78, 5) is 24.4. The van der Waals surface area contributed by atoms with Gasteiger partial charge in [-0.15, -0.1) is 0 Å². The number of hydrogen-bond donors (Lipinski definition) is 1. The zero-order valence-electron chi connectivity index (χ0n) is 16.8. The maximum Gasteiger partial charge on any atom is 0.289 e. The number of nitrogens with zero attached hydrogens (tertiary/aromatic N) is 1. The lowest BCUT2D eigenvalue weighted by atomic mass is 9.98. The molecule has 1 aromatic heterocycles. The van der Waals surface area contributed by atoms with Gasteiger partial charge in [-0.1, -0.05) is 51.1 Å². The summed E-state index contributed by atoms with van der Waals surface area (Å²) in [5.74, 6) is -0.645. The summed E-state index contributed by atoms with van der Waals surface area (Å²) in [6.07, 6.45) is 0.606. The summed E-state index contributed by atoms with van der Waals surface area (Å²) < 4.78 is 7.69. The lowest BCUT2D eigenvalue weighted by molar-refractivity contribution is -0.114. The number of amides is 1. The number of hydrogen-bond acceptors (Lipinski definition) is 3. The first-order chi connectivity index (χ1) is 13.4. The highest BCUT2D eigenvalue weighted by Gasteiger charge is 2.26. The molecule has 1 amide bonds. The molecule has 0 aliphatic rings. The van der Waals surface area contributed by atoms with E-state index in [9.17, 15) is 9.59 Å². The number of fused-ring (bicyclic) bond motifs is 1. The quantitative estimate of drug-likeness (QED) is 0.498. The molecule has 2 aromatic carbocycles. The van der Waals surface area contributed by atoms with Crippen molar-refractivity contribution >= 4 is 22.6 Å². The summed E-state index contributed by atoms with van der Waals surface area (Å²) in [5, 5.41) is 0.706. The van der Waals surface area contributed by atoms with Crippen molar-refractivity contribution in [3.63, 3.8) is 0 Å². The van der Waals surface area contributed by atoms with E-state index in [0.717, 1.165) is 22.3 Å². The zero-order chi connectivity index (χ0) is 20.4. The number of carbonyl (C=O) groups is 2. The largest absolute Gasteiger partial charge is 0.496 e. The molecular formula is C23H26N2O3. The molecule has 146 valence electrons. The Morgan fingerprint density at radius 1 is 1.14 bits per heavy atom. The Balaban J connectivity index is 2.37. The molecule has 0 unspecified atom stereocenters. The van der Waals surface area contributed by atoms with Crippen LogP contribution in [0, 0.1) is 0 Å². The zero-order valence-corrected chi connectivity index (χ0v) is 16.8. The highest BCUT2D eigenvalue weighted by Crippen LogP contribution is 2.36. The van der Waals surface area contributed by atoms with E-state index >= 15 is 0 Å². The molecule has 0 saturated carbocycles. The van der Waals surface area contributed by atoms with Crippen LogP contribution in [0.4, 0.5) is 0 Å². The van der Waals surface area contributed by atoms with Crippen LogP contribution in [0.3, 0.4) is 0 Å². The third kappa shape index (κ3) is 3.40. The van der Waals surface area contributed by atoms with Gasteiger partial charge in [0.2, 0.25) is 0 Å². The second-order valence-electron chi connectivity index (χ2n) is 7.21. The lowest BCUT2D eigenvalue weighted by Gasteiger charge is -2.14. The van der Waals surface area contributed by atoms with Gasteiger partial charge in [0.1, 0.15) is 5.75 Å². The van der Waals surface area contributed by atoms with Crippen LogP contribution in [0.15, 0.2) is 42.5 Å². The van der Waals surface area contributed by atoms with E-state index < -0.39 is 11.7 Å². The maximum absolute atomic E-state index is 12.7. The van der Waals surface area contributed by atoms with Crippen molar-refractivity contribution < 1.29 is 14.3 Å². The number of methoxy groups -OCH3 is 1. The van der Waals surface area contributed by atoms with Gasteiger partial charge in [0.05, 0.1) is 12.7 Å². The van der Waals surface area contributed by atoms with Gasteiger partial charge in [0.25, 0.3) is 11.7 Å². The van der Waals surface area contributed by atoms with Crippen molar-refractivity contribution in [1.29, 1.82) is 0 Å². The van der Waals surface area contributed by atoms with Gasteiger partial charge in [-0.3, -0.25) is 9.59 Å². The molecule has 0 aliphatic heterocycles. The Bertz CT molecular complexity index is 1030. The Hall–Kier alpha value is -3.08. The summed E-state index contributed by atoms with van der Waals surface area (Å²) >= 11 is 0. The molecule has 3 aromatic rings. The molecule has 2 N–H and O–H groups in total. The van der Waals surface area contributed by atoms with Crippen LogP contribution in [0.1, 0.15) is 53.9 Å². The van der Waals surface area contributed by atoms with Crippen molar-refractivity contribution in [2.24, 2.45) is 5.73 Å². The molecule has 0 radical (unpaired) electrons. The minimum absolute atomic E-state index is 0.250. The van der Waals surface area contributed by atoms with Crippen LogP contribution < -0.4 is 10.5 Å². The fourth-order valence-corrected chi connectivity index (χ4v) is 3.76. The van der Waals surface area contributed by atoms with Crippen LogP contribution in [-0.4, -0.2) is 23.4 Å². The predicted octanol–water partition coefficient (Wildman–Crippen LogP) is 4.05. The van der Waals surface area contributed by atoms with Gasteiger partial charge in [0, 0.05) is 23.1 Å². The number of benzene rings is 2. The van der Waals surface area contributed by atoms with Gasteiger partial charge in [-0.25, -0.2) is 0 Å². The second-order valence-corrected chi connectivity index (χ2v) is 7.21. The Kier molecular flexibility index (Phi) is 5.54. The number of aromatic nitrogens is 1. The third-order valence-corrected chi connectivity index (χ3v) is 5.11. The standard InChI is InChI=1S/C23H26N2O3/c1-5-18-21(22(26)23(24)27)17-12-20(28-4)16(14(2)3)11-19(17)25(18)13-15-9-7-6-8-10-15/h6-12,14H,5,13H2,1-4H3,(H2,24,27). The summed E-state index contributed by atoms with van der Waals surface area (Å²) in [5.41, 5.74) is 9.65. The van der Waals surface area contributed by atoms with Crippen molar-refractivity contribution in [3.05, 3.63) is 64.8 Å². The highest BCUT2D eigenvalue weighted by molar-refractivity contribution is 6.45. The molecule has 5 nitrogen and oxygen atoms in total. The lowest BCUT2D eigenvalue weighted by Crippen LogP contribution is -2.24. The molecule has 5 heteroatoms. The molecule has 28 heavy (non-hydrogen) atoms. The summed E-state index contributed by atoms with van der Waals surface area (Å²) in [7, 11) is 1.62. The molecule has 0 aliphatic carbocycles. The van der Waals surface area contributed by atoms with Crippen LogP contribution in [-0.2, 0) is 17.8 Å². The normalized spacial score (nSPS) is 11.2. The van der Waals surface area contributed by atoms with Crippen molar-refractivity contribution in [3.8, 4) is 5.75 Å². The van der Waals surface area contributed by atoms with Gasteiger partial charge < -0.3 is 15.0 Å². The summed E-state index contributed by atoms with van der Waals surface area (Å²) in [6.45, 7) is 6.79. The number of primary amides is 1. The topological polar surface area (TPSA) is 74.3 Å². The number of ketones is 1. The van der Waals surface area contributed by atoms with Crippen molar-refractivity contribution in [2.45, 2.75) is 39.7 Å². The molecule has 0 atom stereocenters. The van der Waals surface area contributed by atoms with Crippen LogP contribution in [0.5, 0.6) is 5.75 Å². The fourth-order valence-electron chi connectivity index (χ4n) is 3.76. The first-order valence-corrected chi connectivity index (χ1v) is 9.50. The highest BCUT2D eigenvalue weighted by atomic mass is 16.5. The maximum atomic E-state index is 12.7. The molecule has 0 fully saturated rings. The van der Waals surface area contributed by atoms with Crippen molar-refractivity contribution in [1.82, 2.24) is 4.57 Å². The number of ether oxygens (including phenoxy) is 1. The second kappa shape index (κ2) is 7.89. The van der Waals surface area contributed by atoms with Gasteiger partial charge in [0.15, 0.2) is 0 Å². The molecule has 1 heterocycles. The molecule has 0 bridgehead atoms. The van der Waals surface area contributed by atoms with Gasteiger partial charge in [-0.2, -0.15) is 0 Å². The molecule has 0 spiro atoms. The predicted molar refractivity (Wildman–Crippen MR) is 111 cm³/mol. The van der Waals surface area contributed by atoms with E-state index in [-0.39, 0.29) is 5.92 Å². The van der Waals surface area contributed by atoms with E-state index in [1.165, 1.54) is 0 Å². The van der Waals surface area contributed by atoms with E-state index in [4.69, 9.17) is 10.5 Å². The van der Waals surface area contributed by atoms with Crippen LogP contribution in [0.25, 0.3) is 10.9 Å². The van der Waals surface area contributed by atoms with E-state index in [0.29, 0.717) is 29.7 Å². The summed E-state index contributed by atoms with van der Waals surface area (Å²) in [6, 6.07) is 14.0. The van der Waals surface area contributed by atoms with E-state index in [2.05, 4.69) is 24.5 Å². The first-order valence-electron chi connectivity index (χ1n) is 9.50. The smallest absolute Gasteiger partial charge is 0.289 e. The first kappa shape index (κ1) is 19.7. The van der Waals surface area contributed by atoms with Gasteiger partial charge in [-0.05, 0) is 35.6 Å². The Morgan fingerprint density at radius 2 is 1.82 bits per heavy atom.